The zero-order valence-electron chi connectivity index (χ0n) is 21.6. The van der Waals surface area contributed by atoms with Crippen LogP contribution in [-0.4, -0.2) is 60.2 Å². The summed E-state index contributed by atoms with van der Waals surface area (Å²) < 4.78 is 9.34. The van der Waals surface area contributed by atoms with Crippen LogP contribution in [0.25, 0.3) is 22.2 Å². The van der Waals surface area contributed by atoms with Gasteiger partial charge in [0.2, 0.25) is 0 Å². The van der Waals surface area contributed by atoms with Gasteiger partial charge < -0.3 is 19.1 Å². The molecule has 6 rings (SSSR count). The van der Waals surface area contributed by atoms with E-state index in [1.54, 1.807) is 5.56 Å². The zero-order chi connectivity index (χ0) is 23.8. The van der Waals surface area contributed by atoms with Crippen LogP contribution in [-0.2, 0) is 6.54 Å². The van der Waals surface area contributed by atoms with Crippen molar-refractivity contribution in [3.63, 3.8) is 0 Å². The highest BCUT2D eigenvalue weighted by molar-refractivity contribution is 5.93. The van der Waals surface area contributed by atoms with Crippen molar-refractivity contribution in [1.82, 2.24) is 14.4 Å². The number of para-hydroxylation sites is 2. The fourth-order valence-corrected chi connectivity index (χ4v) is 7.06. The summed E-state index contributed by atoms with van der Waals surface area (Å²) in [6, 6.07) is 18.0. The molecule has 1 aromatic heterocycles. The van der Waals surface area contributed by atoms with Gasteiger partial charge in [-0.2, -0.15) is 0 Å². The van der Waals surface area contributed by atoms with Gasteiger partial charge in [0.15, 0.2) is 0 Å². The number of aromatic nitrogens is 1. The minimum absolute atomic E-state index is 0.178. The average Bonchev–Trinajstić information content (AvgIpc) is 3.19. The normalized spacial score (nSPS) is 20.2. The Bertz CT molecular complexity index is 1170. The van der Waals surface area contributed by atoms with Gasteiger partial charge in [-0.1, -0.05) is 63.4 Å². The molecule has 0 bridgehead atoms. The summed E-state index contributed by atoms with van der Waals surface area (Å²) in [5.74, 6) is 1.72. The number of hydrogen-bond donors (Lipinski definition) is 0. The predicted octanol–water partition coefficient (Wildman–Crippen LogP) is 6.39. The SMILES string of the molecule is CCN(CC)CCN1CC2(COc3ccccc3-c3c(C4CCCCC4)c4ccccc4n3C2)C1. The standard InChI is InChI=1S/C31H41N3O/c1-3-32(4-2)18-19-33-20-31(21-33)22-34-27-16-10-8-14-25(27)29(24-12-6-5-7-13-24)30(34)26-15-9-11-17-28(26)35-23-31/h8-11,14-17,24H,3-7,12-13,18-23H2,1-2H3. The van der Waals surface area contributed by atoms with Crippen LogP contribution in [0.2, 0.25) is 0 Å². The molecule has 1 saturated heterocycles. The first-order valence-electron chi connectivity index (χ1n) is 14.0. The van der Waals surface area contributed by atoms with E-state index in [2.05, 4.69) is 76.7 Å². The Morgan fingerprint density at radius 3 is 2.46 bits per heavy atom. The quantitative estimate of drug-likeness (QED) is 0.415. The molecule has 2 fully saturated rings. The number of likely N-dealkylation sites (tertiary alicyclic amines) is 1. The molecule has 4 nitrogen and oxygen atoms in total. The molecule has 1 saturated carbocycles. The fraction of sp³-hybridized carbons (Fsp3) is 0.548. The summed E-state index contributed by atoms with van der Waals surface area (Å²) in [7, 11) is 0. The van der Waals surface area contributed by atoms with E-state index in [4.69, 9.17) is 4.74 Å². The number of rotatable bonds is 6. The first-order chi connectivity index (χ1) is 17.2. The molecule has 0 atom stereocenters. The van der Waals surface area contributed by atoms with Gasteiger partial charge in [0.1, 0.15) is 5.75 Å². The Kier molecular flexibility index (Phi) is 6.36. The third-order valence-corrected chi connectivity index (χ3v) is 8.94. The van der Waals surface area contributed by atoms with Crippen molar-refractivity contribution in [2.24, 2.45) is 5.41 Å². The van der Waals surface area contributed by atoms with E-state index in [1.807, 2.05) is 0 Å². The molecular formula is C31H41N3O. The van der Waals surface area contributed by atoms with Crippen molar-refractivity contribution in [3.05, 3.63) is 54.1 Å². The monoisotopic (exact) mass is 471 g/mol. The molecule has 3 aromatic rings. The van der Waals surface area contributed by atoms with E-state index in [0.29, 0.717) is 5.92 Å². The van der Waals surface area contributed by atoms with Crippen LogP contribution in [0, 0.1) is 5.41 Å². The molecule has 0 amide bonds. The zero-order valence-corrected chi connectivity index (χ0v) is 21.6. The molecule has 3 heterocycles. The lowest BCUT2D eigenvalue weighted by Crippen LogP contribution is -2.62. The van der Waals surface area contributed by atoms with Crippen molar-refractivity contribution in [2.75, 3.05) is 45.9 Å². The number of likely N-dealkylation sites (N-methyl/N-ethyl adjacent to an activating group) is 1. The van der Waals surface area contributed by atoms with Crippen LogP contribution >= 0.6 is 0 Å². The summed E-state index contributed by atoms with van der Waals surface area (Å²) >= 11 is 0. The van der Waals surface area contributed by atoms with Gasteiger partial charge in [-0.05, 0) is 55.6 Å². The third-order valence-electron chi connectivity index (χ3n) is 8.94. The topological polar surface area (TPSA) is 20.6 Å². The lowest BCUT2D eigenvalue weighted by molar-refractivity contribution is -0.0484. The number of benzene rings is 2. The lowest BCUT2D eigenvalue weighted by atomic mass is 9.79. The maximum absolute atomic E-state index is 6.65. The second kappa shape index (κ2) is 9.63. The molecule has 35 heavy (non-hydrogen) atoms. The minimum atomic E-state index is 0.178. The first kappa shape index (κ1) is 23.1. The van der Waals surface area contributed by atoms with Crippen molar-refractivity contribution in [2.45, 2.75) is 58.4 Å². The van der Waals surface area contributed by atoms with Crippen molar-refractivity contribution >= 4 is 10.9 Å². The van der Waals surface area contributed by atoms with E-state index >= 15 is 0 Å². The second-order valence-corrected chi connectivity index (χ2v) is 11.2. The molecule has 1 spiro atoms. The Hall–Kier alpha value is -2.30. The summed E-state index contributed by atoms with van der Waals surface area (Å²) in [6.07, 6.45) is 6.72. The molecule has 0 N–H and O–H groups in total. The van der Waals surface area contributed by atoms with Crippen molar-refractivity contribution < 1.29 is 4.74 Å². The van der Waals surface area contributed by atoms with E-state index in [-0.39, 0.29) is 5.41 Å². The van der Waals surface area contributed by atoms with Gasteiger partial charge in [0, 0.05) is 54.6 Å². The van der Waals surface area contributed by atoms with Crippen molar-refractivity contribution in [3.8, 4) is 17.0 Å². The number of hydrogen-bond acceptors (Lipinski definition) is 3. The van der Waals surface area contributed by atoms with E-state index < -0.39 is 0 Å². The number of fused-ring (bicyclic) bond motifs is 5. The van der Waals surface area contributed by atoms with Crippen LogP contribution in [0.15, 0.2) is 48.5 Å². The van der Waals surface area contributed by atoms with Crippen LogP contribution in [0.4, 0.5) is 0 Å². The Morgan fingerprint density at radius 1 is 0.914 bits per heavy atom. The number of ether oxygens (including phenoxy) is 1. The highest BCUT2D eigenvalue weighted by Gasteiger charge is 2.46. The highest BCUT2D eigenvalue weighted by atomic mass is 16.5. The second-order valence-electron chi connectivity index (χ2n) is 11.2. The molecular weight excluding hydrogens is 430 g/mol. The number of nitrogens with zero attached hydrogens (tertiary/aromatic N) is 3. The molecule has 4 heteroatoms. The lowest BCUT2D eigenvalue weighted by Gasteiger charge is -2.51. The summed E-state index contributed by atoms with van der Waals surface area (Å²) in [6.45, 7) is 13.2. The molecule has 186 valence electrons. The maximum atomic E-state index is 6.65. The predicted molar refractivity (Wildman–Crippen MR) is 145 cm³/mol. The molecule has 0 unspecified atom stereocenters. The average molecular weight is 472 g/mol. The fourth-order valence-electron chi connectivity index (χ4n) is 7.06. The summed E-state index contributed by atoms with van der Waals surface area (Å²) in [4.78, 5) is 5.17. The molecule has 2 aromatic carbocycles. The third kappa shape index (κ3) is 4.19. The van der Waals surface area contributed by atoms with Crippen LogP contribution in [0.3, 0.4) is 0 Å². The van der Waals surface area contributed by atoms with Gasteiger partial charge >= 0.3 is 0 Å². The Labute approximate surface area is 210 Å². The van der Waals surface area contributed by atoms with Crippen LogP contribution in [0.1, 0.15) is 57.4 Å². The smallest absolute Gasteiger partial charge is 0.128 e. The molecule has 3 aliphatic rings. The molecule has 1 aliphatic carbocycles. The van der Waals surface area contributed by atoms with Gasteiger partial charge in [-0.25, -0.2) is 0 Å². The van der Waals surface area contributed by atoms with Gasteiger partial charge in [-0.15, -0.1) is 0 Å². The maximum Gasteiger partial charge on any atom is 0.128 e. The van der Waals surface area contributed by atoms with Gasteiger partial charge in [0.05, 0.1) is 12.3 Å². The largest absolute Gasteiger partial charge is 0.492 e. The Balaban J connectivity index is 1.40. The van der Waals surface area contributed by atoms with E-state index in [9.17, 15) is 0 Å². The van der Waals surface area contributed by atoms with Crippen LogP contribution < -0.4 is 4.74 Å². The summed E-state index contributed by atoms with van der Waals surface area (Å²) in [5.41, 5.74) is 5.91. The van der Waals surface area contributed by atoms with Gasteiger partial charge in [0.25, 0.3) is 0 Å². The van der Waals surface area contributed by atoms with Crippen LogP contribution in [0.5, 0.6) is 5.75 Å². The Morgan fingerprint density at radius 2 is 1.66 bits per heavy atom. The highest BCUT2D eigenvalue weighted by Crippen LogP contribution is 2.49. The van der Waals surface area contributed by atoms with E-state index in [1.165, 1.54) is 54.3 Å². The molecule has 0 radical (unpaired) electrons. The first-order valence-corrected chi connectivity index (χ1v) is 14.0. The minimum Gasteiger partial charge on any atom is -0.492 e. The van der Waals surface area contributed by atoms with Crippen molar-refractivity contribution in [1.29, 1.82) is 0 Å². The van der Waals surface area contributed by atoms with E-state index in [0.717, 1.165) is 58.2 Å². The molecule has 2 aliphatic heterocycles. The summed E-state index contributed by atoms with van der Waals surface area (Å²) in [5, 5.41) is 1.47. The van der Waals surface area contributed by atoms with Gasteiger partial charge in [-0.3, -0.25) is 0 Å².